The summed E-state index contributed by atoms with van der Waals surface area (Å²) in [6.45, 7) is 4.50. The molecule has 1 aromatic rings. The van der Waals surface area contributed by atoms with Crippen LogP contribution in [0, 0.1) is 6.92 Å². The number of aliphatic hydroxyl groups excluding tert-OH is 1. The highest BCUT2D eigenvalue weighted by atomic mass is 16.3. The highest BCUT2D eigenvalue weighted by molar-refractivity contribution is 5.75. The first-order valence-electron chi connectivity index (χ1n) is 6.36. The van der Waals surface area contributed by atoms with Crippen molar-refractivity contribution >= 4 is 6.03 Å². The van der Waals surface area contributed by atoms with Crippen molar-refractivity contribution in [2.45, 2.75) is 38.8 Å². The second-order valence-corrected chi connectivity index (χ2v) is 4.79. The van der Waals surface area contributed by atoms with Crippen molar-refractivity contribution in [3.8, 4) is 0 Å². The smallest absolute Gasteiger partial charge is 0.318 e. The fourth-order valence-electron chi connectivity index (χ4n) is 2.32. The maximum atomic E-state index is 12.1. The Hall–Kier alpha value is -1.49. The molecule has 0 bridgehead atoms. The molecule has 0 aliphatic carbocycles. The average Bonchev–Trinajstić information content (AvgIpc) is 2.96. The Labute approximate surface area is 107 Å². The average molecular weight is 252 g/mol. The monoisotopic (exact) mass is 252 g/mol. The lowest BCUT2D eigenvalue weighted by Gasteiger charge is -2.25. The molecule has 5 nitrogen and oxygen atoms in total. The lowest BCUT2D eigenvalue weighted by molar-refractivity contribution is 0.154. The van der Waals surface area contributed by atoms with Crippen molar-refractivity contribution in [2.75, 3.05) is 13.2 Å². The quantitative estimate of drug-likeness (QED) is 0.862. The van der Waals surface area contributed by atoms with Crippen molar-refractivity contribution in [3.63, 3.8) is 0 Å². The van der Waals surface area contributed by atoms with Gasteiger partial charge in [0, 0.05) is 6.54 Å². The first-order chi connectivity index (χ1) is 8.61. The van der Waals surface area contributed by atoms with Crippen LogP contribution in [-0.4, -0.2) is 35.2 Å². The van der Waals surface area contributed by atoms with Gasteiger partial charge in [-0.05, 0) is 38.8 Å². The van der Waals surface area contributed by atoms with E-state index in [1.165, 1.54) is 0 Å². The van der Waals surface area contributed by atoms with E-state index in [0.717, 1.165) is 24.4 Å². The van der Waals surface area contributed by atoms with Crippen LogP contribution in [0.3, 0.4) is 0 Å². The molecule has 1 aliphatic rings. The summed E-state index contributed by atoms with van der Waals surface area (Å²) in [5.41, 5.74) is 0. The fourth-order valence-corrected chi connectivity index (χ4v) is 2.32. The third kappa shape index (κ3) is 2.67. The predicted molar refractivity (Wildman–Crippen MR) is 67.2 cm³/mol. The zero-order chi connectivity index (χ0) is 13.1. The number of likely N-dealkylation sites (tertiary alicyclic amines) is 1. The molecule has 0 saturated carbocycles. The van der Waals surface area contributed by atoms with Gasteiger partial charge in [-0.15, -0.1) is 0 Å². The number of aliphatic hydroxyl groups is 1. The molecule has 2 atom stereocenters. The van der Waals surface area contributed by atoms with Crippen molar-refractivity contribution in [1.29, 1.82) is 0 Å². The maximum Gasteiger partial charge on any atom is 0.318 e. The summed E-state index contributed by atoms with van der Waals surface area (Å²) in [7, 11) is 0. The standard InChI is InChI=1S/C13H20N2O3/c1-9-5-6-12(18-9)10(2)14-13(17)15-7-3-4-11(15)8-16/h5-6,10-11,16H,3-4,7-8H2,1-2H3,(H,14,17). The lowest BCUT2D eigenvalue weighted by Crippen LogP contribution is -2.44. The molecule has 1 saturated heterocycles. The molecule has 2 rings (SSSR count). The summed E-state index contributed by atoms with van der Waals surface area (Å²) in [5.74, 6) is 1.58. The third-order valence-corrected chi connectivity index (χ3v) is 3.38. The van der Waals surface area contributed by atoms with E-state index in [1.807, 2.05) is 26.0 Å². The molecule has 100 valence electrons. The van der Waals surface area contributed by atoms with Gasteiger partial charge < -0.3 is 19.7 Å². The van der Waals surface area contributed by atoms with Crippen LogP contribution < -0.4 is 5.32 Å². The minimum absolute atomic E-state index is 0.0294. The highest BCUT2D eigenvalue weighted by Gasteiger charge is 2.29. The van der Waals surface area contributed by atoms with Crippen molar-refractivity contribution in [2.24, 2.45) is 0 Å². The molecule has 0 spiro atoms. The van der Waals surface area contributed by atoms with Gasteiger partial charge >= 0.3 is 6.03 Å². The number of hydrogen-bond acceptors (Lipinski definition) is 3. The van der Waals surface area contributed by atoms with E-state index in [1.54, 1.807) is 4.90 Å². The van der Waals surface area contributed by atoms with E-state index in [-0.39, 0.29) is 24.7 Å². The number of carbonyl (C=O) groups excluding carboxylic acids is 1. The van der Waals surface area contributed by atoms with Crippen molar-refractivity contribution in [1.82, 2.24) is 10.2 Å². The Kier molecular flexibility index (Phi) is 3.91. The van der Waals surface area contributed by atoms with Gasteiger partial charge in [0.1, 0.15) is 11.5 Å². The van der Waals surface area contributed by atoms with Crippen LogP contribution >= 0.6 is 0 Å². The van der Waals surface area contributed by atoms with Gasteiger partial charge in [-0.25, -0.2) is 4.79 Å². The van der Waals surface area contributed by atoms with Gasteiger partial charge in [-0.3, -0.25) is 0 Å². The fraction of sp³-hybridized carbons (Fsp3) is 0.615. The number of amides is 2. The molecule has 1 fully saturated rings. The molecule has 2 heterocycles. The molecule has 0 aromatic carbocycles. The molecule has 0 radical (unpaired) electrons. The van der Waals surface area contributed by atoms with Crippen LogP contribution in [0.15, 0.2) is 16.5 Å². The van der Waals surface area contributed by atoms with Crippen molar-refractivity contribution in [3.05, 3.63) is 23.7 Å². The summed E-state index contributed by atoms with van der Waals surface area (Å²) < 4.78 is 5.48. The van der Waals surface area contributed by atoms with Gasteiger partial charge in [0.05, 0.1) is 18.7 Å². The SMILES string of the molecule is Cc1ccc(C(C)NC(=O)N2CCCC2CO)o1. The van der Waals surface area contributed by atoms with Crippen LogP contribution in [0.4, 0.5) is 4.79 Å². The zero-order valence-corrected chi connectivity index (χ0v) is 10.8. The molecule has 5 heteroatoms. The van der Waals surface area contributed by atoms with Crippen LogP contribution in [0.5, 0.6) is 0 Å². The Bertz CT molecular complexity index is 416. The van der Waals surface area contributed by atoms with Crippen LogP contribution in [0.2, 0.25) is 0 Å². The number of carbonyl (C=O) groups is 1. The van der Waals surface area contributed by atoms with E-state index in [2.05, 4.69) is 5.32 Å². The Balaban J connectivity index is 1.94. The Morgan fingerprint density at radius 2 is 2.44 bits per heavy atom. The van der Waals surface area contributed by atoms with E-state index >= 15 is 0 Å². The Morgan fingerprint density at radius 1 is 1.67 bits per heavy atom. The molecular weight excluding hydrogens is 232 g/mol. The van der Waals surface area contributed by atoms with Gasteiger partial charge in [-0.1, -0.05) is 0 Å². The van der Waals surface area contributed by atoms with Crippen molar-refractivity contribution < 1.29 is 14.3 Å². The number of nitrogens with zero attached hydrogens (tertiary/aromatic N) is 1. The normalized spacial score (nSPS) is 21.1. The van der Waals surface area contributed by atoms with Crippen LogP contribution in [0.25, 0.3) is 0 Å². The number of hydrogen-bond donors (Lipinski definition) is 2. The van der Waals surface area contributed by atoms with Gasteiger partial charge in [-0.2, -0.15) is 0 Å². The van der Waals surface area contributed by atoms with Crippen LogP contribution in [0.1, 0.15) is 37.3 Å². The predicted octanol–water partition coefficient (Wildman–Crippen LogP) is 1.82. The van der Waals surface area contributed by atoms with E-state index in [4.69, 9.17) is 4.42 Å². The first kappa shape index (κ1) is 13.0. The first-order valence-corrected chi connectivity index (χ1v) is 6.36. The molecule has 2 N–H and O–H groups in total. The number of rotatable bonds is 3. The lowest BCUT2D eigenvalue weighted by atomic mass is 10.2. The second-order valence-electron chi connectivity index (χ2n) is 4.79. The molecule has 1 aliphatic heterocycles. The third-order valence-electron chi connectivity index (χ3n) is 3.38. The van der Waals surface area contributed by atoms with Crippen LogP contribution in [-0.2, 0) is 0 Å². The summed E-state index contributed by atoms with van der Waals surface area (Å²) in [6.07, 6.45) is 1.82. The topological polar surface area (TPSA) is 65.7 Å². The summed E-state index contributed by atoms with van der Waals surface area (Å²) in [5, 5.41) is 12.1. The summed E-state index contributed by atoms with van der Waals surface area (Å²) in [4.78, 5) is 13.8. The van der Waals surface area contributed by atoms with Gasteiger partial charge in [0.15, 0.2) is 0 Å². The van der Waals surface area contributed by atoms with E-state index in [0.29, 0.717) is 6.54 Å². The number of furan rings is 1. The highest BCUT2D eigenvalue weighted by Crippen LogP contribution is 2.19. The maximum absolute atomic E-state index is 12.1. The summed E-state index contributed by atoms with van der Waals surface area (Å²) >= 11 is 0. The number of aryl methyl sites for hydroxylation is 1. The Morgan fingerprint density at radius 3 is 3.06 bits per heavy atom. The molecule has 18 heavy (non-hydrogen) atoms. The van der Waals surface area contributed by atoms with E-state index < -0.39 is 0 Å². The molecule has 2 amide bonds. The molecule has 1 aromatic heterocycles. The minimum atomic E-state index is -0.161. The second kappa shape index (κ2) is 5.44. The molecular formula is C13H20N2O3. The zero-order valence-electron chi connectivity index (χ0n) is 10.8. The van der Waals surface area contributed by atoms with Gasteiger partial charge in [0.2, 0.25) is 0 Å². The number of nitrogens with one attached hydrogen (secondary N) is 1. The molecule has 2 unspecified atom stereocenters. The van der Waals surface area contributed by atoms with E-state index in [9.17, 15) is 9.90 Å². The van der Waals surface area contributed by atoms with Gasteiger partial charge in [0.25, 0.3) is 0 Å². The largest absolute Gasteiger partial charge is 0.464 e. The number of urea groups is 1. The summed E-state index contributed by atoms with van der Waals surface area (Å²) in [6, 6.07) is 3.41. The minimum Gasteiger partial charge on any atom is -0.464 e.